The Kier molecular flexibility index (Phi) is 8.19. The SMILES string of the molecule is COc1cc(F)cc([C@@H](CO)NC(=O)[C@H](C)N2Cc3cc(-c4nc(NC5CCOCC5)ncc4Cl)cn3C2=O)c1. The molecule has 1 saturated heterocycles. The molecule has 0 saturated carbocycles. The predicted molar refractivity (Wildman–Crippen MR) is 145 cm³/mol. The Hall–Kier alpha value is -3.74. The molecule has 2 amide bonds. The smallest absolute Gasteiger partial charge is 0.329 e. The number of nitrogens with zero attached hydrogens (tertiary/aromatic N) is 4. The van der Waals surface area contributed by atoms with Gasteiger partial charge in [0.25, 0.3) is 0 Å². The number of methoxy groups -OCH3 is 1. The number of ether oxygens (including phenoxy) is 2. The number of carbonyl (C=O) groups is 2. The molecule has 40 heavy (non-hydrogen) atoms. The normalized spacial score (nSPS) is 16.9. The fourth-order valence-electron chi connectivity index (χ4n) is 4.86. The average Bonchev–Trinajstić information content (AvgIpc) is 3.51. The molecule has 13 heteroatoms. The van der Waals surface area contributed by atoms with E-state index < -0.39 is 30.4 Å². The van der Waals surface area contributed by atoms with E-state index >= 15 is 0 Å². The molecule has 0 bridgehead atoms. The summed E-state index contributed by atoms with van der Waals surface area (Å²) in [6.07, 6.45) is 4.88. The highest BCUT2D eigenvalue weighted by atomic mass is 35.5. The van der Waals surface area contributed by atoms with Crippen molar-refractivity contribution in [2.24, 2.45) is 0 Å². The van der Waals surface area contributed by atoms with Gasteiger partial charge in [0.15, 0.2) is 0 Å². The number of aromatic nitrogens is 3. The number of rotatable bonds is 9. The molecule has 0 radical (unpaired) electrons. The van der Waals surface area contributed by atoms with Crippen LogP contribution in [0.4, 0.5) is 15.1 Å². The Bertz CT molecular complexity index is 1410. The van der Waals surface area contributed by atoms with Crippen LogP contribution in [-0.2, 0) is 16.1 Å². The molecule has 212 valence electrons. The summed E-state index contributed by atoms with van der Waals surface area (Å²) in [7, 11) is 1.40. The maximum atomic E-state index is 14.0. The van der Waals surface area contributed by atoms with Gasteiger partial charge in [-0.1, -0.05) is 11.6 Å². The number of aliphatic hydroxyl groups is 1. The highest BCUT2D eigenvalue weighted by Crippen LogP contribution is 2.32. The number of halogens is 2. The fourth-order valence-corrected chi connectivity index (χ4v) is 5.06. The van der Waals surface area contributed by atoms with Gasteiger partial charge >= 0.3 is 6.03 Å². The Morgan fingerprint density at radius 3 is 2.77 bits per heavy atom. The van der Waals surface area contributed by atoms with Gasteiger partial charge < -0.3 is 30.1 Å². The Morgan fingerprint density at radius 1 is 1.30 bits per heavy atom. The maximum absolute atomic E-state index is 14.0. The predicted octanol–water partition coefficient (Wildman–Crippen LogP) is 3.36. The highest BCUT2D eigenvalue weighted by molar-refractivity contribution is 6.32. The van der Waals surface area contributed by atoms with Crippen molar-refractivity contribution in [1.82, 2.24) is 24.8 Å². The zero-order chi connectivity index (χ0) is 28.4. The summed E-state index contributed by atoms with van der Waals surface area (Å²) in [6, 6.07) is 3.83. The lowest BCUT2D eigenvalue weighted by Crippen LogP contribution is -2.47. The monoisotopic (exact) mass is 572 g/mol. The zero-order valence-electron chi connectivity index (χ0n) is 22.1. The quantitative estimate of drug-likeness (QED) is 0.356. The van der Waals surface area contributed by atoms with Gasteiger partial charge in [-0.3, -0.25) is 9.36 Å². The second-order valence-electron chi connectivity index (χ2n) is 9.77. The van der Waals surface area contributed by atoms with Crippen molar-refractivity contribution in [2.45, 2.75) is 44.4 Å². The second kappa shape index (κ2) is 11.8. The van der Waals surface area contributed by atoms with Gasteiger partial charge in [-0.05, 0) is 43.5 Å². The van der Waals surface area contributed by atoms with Crippen LogP contribution in [0.3, 0.4) is 0 Å². The van der Waals surface area contributed by atoms with E-state index in [0.717, 1.165) is 12.8 Å². The van der Waals surface area contributed by atoms with Gasteiger partial charge in [0.2, 0.25) is 11.9 Å². The first-order valence-corrected chi connectivity index (χ1v) is 13.3. The van der Waals surface area contributed by atoms with E-state index in [9.17, 15) is 19.1 Å². The zero-order valence-corrected chi connectivity index (χ0v) is 22.8. The van der Waals surface area contributed by atoms with Crippen LogP contribution in [0, 0.1) is 5.82 Å². The number of fused-ring (bicyclic) bond motifs is 1. The van der Waals surface area contributed by atoms with E-state index in [4.69, 9.17) is 21.1 Å². The molecule has 3 aromatic rings. The van der Waals surface area contributed by atoms with Crippen molar-refractivity contribution < 1.29 is 28.6 Å². The summed E-state index contributed by atoms with van der Waals surface area (Å²) in [5, 5.41) is 16.2. The molecular formula is C27H30ClFN6O5. The van der Waals surface area contributed by atoms with Crippen molar-refractivity contribution >= 4 is 29.5 Å². The summed E-state index contributed by atoms with van der Waals surface area (Å²) >= 11 is 6.41. The second-order valence-corrected chi connectivity index (χ2v) is 10.2. The molecule has 3 N–H and O–H groups in total. The van der Waals surface area contributed by atoms with Gasteiger partial charge in [-0.2, -0.15) is 0 Å². The number of amides is 2. The number of hydrogen-bond acceptors (Lipinski definition) is 8. The average molecular weight is 573 g/mol. The van der Waals surface area contributed by atoms with Crippen molar-refractivity contribution in [3.8, 4) is 17.0 Å². The Balaban J connectivity index is 1.28. The highest BCUT2D eigenvalue weighted by Gasteiger charge is 2.35. The molecule has 2 aromatic heterocycles. The number of hydrogen-bond donors (Lipinski definition) is 3. The Labute approximate surface area is 235 Å². The third-order valence-electron chi connectivity index (χ3n) is 7.13. The minimum atomic E-state index is -0.883. The fraction of sp³-hybridized carbons (Fsp3) is 0.407. The van der Waals surface area contributed by atoms with Crippen LogP contribution in [-0.4, -0.2) is 75.5 Å². The van der Waals surface area contributed by atoms with Crippen molar-refractivity contribution in [3.63, 3.8) is 0 Å². The van der Waals surface area contributed by atoms with Crippen LogP contribution in [0.1, 0.15) is 37.1 Å². The molecule has 4 heterocycles. The molecule has 2 aliphatic rings. The van der Waals surface area contributed by atoms with Crippen LogP contribution in [0.25, 0.3) is 11.3 Å². The van der Waals surface area contributed by atoms with E-state index in [2.05, 4.69) is 20.6 Å². The lowest BCUT2D eigenvalue weighted by Gasteiger charge is -2.25. The van der Waals surface area contributed by atoms with E-state index in [1.165, 1.54) is 41.0 Å². The van der Waals surface area contributed by atoms with E-state index in [1.807, 2.05) is 6.07 Å². The number of anilines is 1. The van der Waals surface area contributed by atoms with Gasteiger partial charge in [0.1, 0.15) is 17.6 Å². The third kappa shape index (κ3) is 5.74. The lowest BCUT2D eigenvalue weighted by molar-refractivity contribution is -0.126. The molecule has 1 fully saturated rings. The number of aliphatic hydroxyl groups excluding tert-OH is 1. The summed E-state index contributed by atoms with van der Waals surface area (Å²) in [6.45, 7) is 2.67. The summed E-state index contributed by atoms with van der Waals surface area (Å²) < 4.78 is 25.9. The van der Waals surface area contributed by atoms with Crippen LogP contribution in [0.15, 0.2) is 36.7 Å². The van der Waals surface area contributed by atoms with Gasteiger partial charge in [0, 0.05) is 42.8 Å². The first kappa shape index (κ1) is 27.8. The standard InChI is InChI=1S/C27H30ClFN6O5/c1-15(25(37)32-23(14-36)16-7-18(29)10-21(9-16)39-2)34-13-20-8-17(12-35(20)27(34)38)24-22(28)11-30-26(33-24)31-19-3-5-40-6-4-19/h7-12,15,19,23,36H,3-6,13-14H2,1-2H3,(H,32,37)(H,30,31,33)/t15-,23+/m0/s1. The van der Waals surface area contributed by atoms with E-state index in [0.29, 0.717) is 46.7 Å². The molecule has 1 aromatic carbocycles. The number of nitrogens with one attached hydrogen (secondary N) is 2. The van der Waals surface area contributed by atoms with Gasteiger partial charge in [-0.25, -0.2) is 19.2 Å². The third-order valence-corrected chi connectivity index (χ3v) is 7.41. The molecule has 11 nitrogen and oxygen atoms in total. The van der Waals surface area contributed by atoms with Crippen LogP contribution >= 0.6 is 11.6 Å². The molecular weight excluding hydrogens is 543 g/mol. The van der Waals surface area contributed by atoms with Crippen molar-refractivity contribution in [2.75, 3.05) is 32.2 Å². The van der Waals surface area contributed by atoms with Gasteiger partial charge in [-0.15, -0.1) is 0 Å². The molecule has 0 aliphatic carbocycles. The molecule has 0 spiro atoms. The van der Waals surface area contributed by atoms with Crippen molar-refractivity contribution in [3.05, 3.63) is 58.8 Å². The first-order chi connectivity index (χ1) is 19.3. The van der Waals surface area contributed by atoms with Crippen molar-refractivity contribution in [1.29, 1.82) is 0 Å². The minimum absolute atomic E-state index is 0.181. The molecule has 2 aliphatic heterocycles. The lowest BCUT2D eigenvalue weighted by atomic mass is 10.1. The Morgan fingerprint density at radius 2 is 2.08 bits per heavy atom. The summed E-state index contributed by atoms with van der Waals surface area (Å²) in [5.41, 5.74) is 2.16. The molecule has 2 atom stereocenters. The summed E-state index contributed by atoms with van der Waals surface area (Å²) in [5.74, 6) is -0.347. The minimum Gasteiger partial charge on any atom is -0.497 e. The number of benzene rings is 1. The van der Waals surface area contributed by atoms with Crippen LogP contribution in [0.5, 0.6) is 5.75 Å². The topological polar surface area (TPSA) is 131 Å². The molecule has 5 rings (SSSR count). The number of carbonyl (C=O) groups excluding carboxylic acids is 2. The van der Waals surface area contributed by atoms with Gasteiger partial charge in [0.05, 0.1) is 43.2 Å². The first-order valence-electron chi connectivity index (χ1n) is 12.9. The summed E-state index contributed by atoms with van der Waals surface area (Å²) in [4.78, 5) is 36.6. The van der Waals surface area contributed by atoms with Crippen LogP contribution < -0.4 is 15.4 Å². The largest absolute Gasteiger partial charge is 0.497 e. The van der Waals surface area contributed by atoms with E-state index in [1.54, 1.807) is 13.1 Å². The maximum Gasteiger partial charge on any atom is 0.329 e. The molecule has 0 unspecified atom stereocenters. The van der Waals surface area contributed by atoms with Crippen LogP contribution in [0.2, 0.25) is 5.02 Å². The van der Waals surface area contributed by atoms with E-state index in [-0.39, 0.29) is 24.4 Å².